The van der Waals surface area contributed by atoms with Gasteiger partial charge in [-0.3, -0.25) is 0 Å². The molecule has 2 N–H and O–H groups in total. The van der Waals surface area contributed by atoms with Gasteiger partial charge in [-0.05, 0) is 26.4 Å². The van der Waals surface area contributed by atoms with Gasteiger partial charge < -0.3 is 15.5 Å². The van der Waals surface area contributed by atoms with Crippen molar-refractivity contribution in [2.45, 2.75) is 31.5 Å². The predicted octanol–water partition coefficient (Wildman–Crippen LogP) is 2.43. The maximum atomic E-state index is 12.8. The van der Waals surface area contributed by atoms with Crippen molar-refractivity contribution in [1.29, 1.82) is 0 Å². The van der Waals surface area contributed by atoms with E-state index >= 15 is 0 Å². The Morgan fingerprint density at radius 1 is 1.29 bits per heavy atom. The van der Waals surface area contributed by atoms with Crippen molar-refractivity contribution in [3.05, 3.63) is 11.9 Å². The highest BCUT2D eigenvalue weighted by molar-refractivity contribution is 5.47. The van der Waals surface area contributed by atoms with Gasteiger partial charge in [0, 0.05) is 25.7 Å². The number of hydrogen-bond donors (Lipinski definition) is 2. The van der Waals surface area contributed by atoms with Crippen LogP contribution in [0.25, 0.3) is 0 Å². The Morgan fingerprint density at radius 3 is 2.62 bits per heavy atom. The highest BCUT2D eigenvalue weighted by Crippen LogP contribution is 2.28. The Morgan fingerprint density at radius 2 is 2.00 bits per heavy atom. The molecule has 1 unspecified atom stereocenters. The lowest BCUT2D eigenvalue weighted by Crippen LogP contribution is -2.40. The molecule has 2 rings (SSSR count). The molecule has 0 aliphatic carbocycles. The van der Waals surface area contributed by atoms with Gasteiger partial charge in [-0.1, -0.05) is 6.42 Å². The van der Waals surface area contributed by atoms with Gasteiger partial charge in [0.2, 0.25) is 5.82 Å². The Labute approximate surface area is 122 Å². The van der Waals surface area contributed by atoms with Crippen molar-refractivity contribution in [1.82, 2.24) is 14.9 Å². The van der Waals surface area contributed by atoms with E-state index in [4.69, 9.17) is 0 Å². The van der Waals surface area contributed by atoms with Crippen LogP contribution in [0, 0.1) is 0 Å². The van der Waals surface area contributed by atoms with Gasteiger partial charge in [0.15, 0.2) is 0 Å². The number of nitrogens with one attached hydrogen (secondary N) is 2. The first-order chi connectivity index (χ1) is 9.90. The SMILES string of the molecule is CNc1cc(NCC2CCCCN2C)nc(C(F)(F)F)n1. The second-order valence-electron chi connectivity index (χ2n) is 5.22. The minimum Gasteiger partial charge on any atom is -0.373 e. The number of piperidine rings is 1. The molecule has 5 nitrogen and oxygen atoms in total. The van der Waals surface area contributed by atoms with Gasteiger partial charge in [-0.25, -0.2) is 9.97 Å². The van der Waals surface area contributed by atoms with Crippen LogP contribution >= 0.6 is 0 Å². The number of alkyl halides is 3. The molecule has 0 spiro atoms. The van der Waals surface area contributed by atoms with Crippen LogP contribution in [-0.2, 0) is 6.18 Å². The summed E-state index contributed by atoms with van der Waals surface area (Å²) in [4.78, 5) is 9.22. The topological polar surface area (TPSA) is 53.1 Å². The maximum absolute atomic E-state index is 12.8. The monoisotopic (exact) mass is 303 g/mol. The molecule has 0 radical (unpaired) electrons. The van der Waals surface area contributed by atoms with Crippen LogP contribution in [0.4, 0.5) is 24.8 Å². The fraction of sp³-hybridized carbons (Fsp3) is 0.692. The van der Waals surface area contributed by atoms with E-state index < -0.39 is 12.0 Å². The summed E-state index contributed by atoms with van der Waals surface area (Å²) in [7, 11) is 3.56. The number of rotatable bonds is 4. The second-order valence-corrected chi connectivity index (χ2v) is 5.22. The minimum atomic E-state index is -4.55. The van der Waals surface area contributed by atoms with Crippen molar-refractivity contribution in [3.8, 4) is 0 Å². The summed E-state index contributed by atoms with van der Waals surface area (Å²) in [5.74, 6) is -0.786. The average Bonchev–Trinajstić information content (AvgIpc) is 2.45. The van der Waals surface area contributed by atoms with E-state index in [-0.39, 0.29) is 11.6 Å². The van der Waals surface area contributed by atoms with Gasteiger partial charge in [0.05, 0.1) is 0 Å². The highest BCUT2D eigenvalue weighted by atomic mass is 19.4. The lowest BCUT2D eigenvalue weighted by atomic mass is 10.0. The van der Waals surface area contributed by atoms with Crippen LogP contribution in [0.15, 0.2) is 6.07 Å². The third-order valence-electron chi connectivity index (χ3n) is 3.68. The van der Waals surface area contributed by atoms with Crippen molar-refractivity contribution in [2.24, 2.45) is 0 Å². The predicted molar refractivity (Wildman–Crippen MR) is 75.3 cm³/mol. The number of aromatic nitrogens is 2. The number of likely N-dealkylation sites (N-methyl/N-ethyl adjacent to an activating group) is 1. The third kappa shape index (κ3) is 4.20. The largest absolute Gasteiger partial charge is 0.451 e. The summed E-state index contributed by atoms with van der Waals surface area (Å²) in [6.07, 6.45) is -1.19. The summed E-state index contributed by atoms with van der Waals surface area (Å²) in [5, 5.41) is 5.62. The molecular formula is C13H20F3N5. The number of likely N-dealkylation sites (tertiary alicyclic amines) is 1. The summed E-state index contributed by atoms with van der Waals surface area (Å²) < 4.78 is 38.3. The van der Waals surface area contributed by atoms with Gasteiger partial charge >= 0.3 is 6.18 Å². The average molecular weight is 303 g/mol. The molecule has 1 fully saturated rings. The molecule has 0 amide bonds. The third-order valence-corrected chi connectivity index (χ3v) is 3.68. The summed E-state index contributed by atoms with van der Waals surface area (Å²) >= 11 is 0. The van der Waals surface area contributed by atoms with Crippen LogP contribution in [0.3, 0.4) is 0 Å². The summed E-state index contributed by atoms with van der Waals surface area (Å²) in [6, 6.07) is 1.80. The van der Waals surface area contributed by atoms with Crippen molar-refractivity contribution in [3.63, 3.8) is 0 Å². The Hall–Kier alpha value is -1.57. The van der Waals surface area contributed by atoms with Crippen LogP contribution in [-0.4, -0.2) is 48.1 Å². The minimum absolute atomic E-state index is 0.150. The first kappa shape index (κ1) is 15.8. The zero-order chi connectivity index (χ0) is 15.5. The summed E-state index contributed by atoms with van der Waals surface area (Å²) in [6.45, 7) is 1.60. The van der Waals surface area contributed by atoms with Gasteiger partial charge in [0.25, 0.3) is 0 Å². The van der Waals surface area contributed by atoms with E-state index in [1.54, 1.807) is 0 Å². The van der Waals surface area contributed by atoms with Crippen molar-refractivity contribution >= 4 is 11.6 Å². The number of nitrogens with zero attached hydrogens (tertiary/aromatic N) is 3. The van der Waals surface area contributed by atoms with Gasteiger partial charge in [0.1, 0.15) is 11.6 Å². The quantitative estimate of drug-likeness (QED) is 0.895. The number of anilines is 2. The smallest absolute Gasteiger partial charge is 0.373 e. The van der Waals surface area contributed by atoms with Crippen LogP contribution in [0.2, 0.25) is 0 Å². The molecule has 1 saturated heterocycles. The molecule has 1 aromatic rings. The molecular weight excluding hydrogens is 283 g/mol. The molecule has 2 heterocycles. The first-order valence-corrected chi connectivity index (χ1v) is 6.98. The Bertz CT molecular complexity index is 477. The van der Waals surface area contributed by atoms with Crippen LogP contribution in [0.5, 0.6) is 0 Å². The Balaban J connectivity index is 2.08. The van der Waals surface area contributed by atoms with E-state index in [1.165, 1.54) is 19.5 Å². The molecule has 21 heavy (non-hydrogen) atoms. The van der Waals surface area contributed by atoms with Gasteiger partial charge in [-0.15, -0.1) is 0 Å². The van der Waals surface area contributed by atoms with Gasteiger partial charge in [-0.2, -0.15) is 13.2 Å². The van der Waals surface area contributed by atoms with E-state index in [0.29, 0.717) is 12.6 Å². The molecule has 8 heteroatoms. The van der Waals surface area contributed by atoms with Crippen molar-refractivity contribution < 1.29 is 13.2 Å². The first-order valence-electron chi connectivity index (χ1n) is 6.98. The maximum Gasteiger partial charge on any atom is 0.451 e. The molecule has 0 bridgehead atoms. The number of halogens is 3. The molecule has 1 aromatic heterocycles. The van der Waals surface area contributed by atoms with Crippen LogP contribution < -0.4 is 10.6 Å². The normalized spacial score (nSPS) is 20.3. The molecule has 1 aliphatic rings. The van der Waals surface area contributed by atoms with Crippen molar-refractivity contribution in [2.75, 3.05) is 37.8 Å². The highest BCUT2D eigenvalue weighted by Gasteiger charge is 2.35. The Kier molecular flexibility index (Phi) is 4.87. The van der Waals surface area contributed by atoms with E-state index in [0.717, 1.165) is 19.4 Å². The fourth-order valence-electron chi connectivity index (χ4n) is 2.42. The second kappa shape index (κ2) is 6.46. The standard InChI is InChI=1S/C13H20F3N5/c1-17-10-7-11(20-12(19-10)13(14,15)16)18-8-9-5-3-4-6-21(9)2/h7,9H,3-6,8H2,1-2H3,(H2,17,18,19,20). The van der Waals surface area contributed by atoms with Crippen LogP contribution in [0.1, 0.15) is 25.1 Å². The zero-order valence-corrected chi connectivity index (χ0v) is 12.2. The lowest BCUT2D eigenvalue weighted by molar-refractivity contribution is -0.144. The molecule has 1 atom stereocenters. The number of hydrogen-bond acceptors (Lipinski definition) is 5. The molecule has 1 aliphatic heterocycles. The molecule has 118 valence electrons. The van der Waals surface area contributed by atoms with E-state index in [1.807, 2.05) is 7.05 Å². The molecule has 0 aromatic carbocycles. The van der Waals surface area contributed by atoms with E-state index in [9.17, 15) is 13.2 Å². The fourth-order valence-corrected chi connectivity index (χ4v) is 2.42. The lowest BCUT2D eigenvalue weighted by Gasteiger charge is -2.32. The molecule has 0 saturated carbocycles. The zero-order valence-electron chi connectivity index (χ0n) is 12.2. The van der Waals surface area contributed by atoms with E-state index in [2.05, 4.69) is 25.5 Å². The summed E-state index contributed by atoms with van der Waals surface area (Å²) in [5.41, 5.74) is 0.